The molecule has 5 nitrogen and oxygen atoms in total. The highest BCUT2D eigenvalue weighted by molar-refractivity contribution is 5.97. The standard InChI is InChI=1S/C17H19NO4/c1-11-9-14(12(2)22-11)16(19)18(3)15(17(20)21)10-13-7-5-4-6-8-13/h4-9,15H,10H2,1-3H3,(H,20,21). The number of amides is 1. The highest BCUT2D eigenvalue weighted by Crippen LogP contribution is 2.18. The van der Waals surface area contributed by atoms with Crippen molar-refractivity contribution < 1.29 is 19.1 Å². The van der Waals surface area contributed by atoms with Crippen LogP contribution in [-0.4, -0.2) is 35.0 Å². The lowest BCUT2D eigenvalue weighted by Crippen LogP contribution is -2.43. The summed E-state index contributed by atoms with van der Waals surface area (Å²) < 4.78 is 5.35. The molecule has 2 rings (SSSR count). The van der Waals surface area contributed by atoms with E-state index in [4.69, 9.17) is 4.42 Å². The number of aryl methyl sites for hydroxylation is 2. The highest BCUT2D eigenvalue weighted by atomic mass is 16.4. The first-order chi connectivity index (χ1) is 10.4. The maximum absolute atomic E-state index is 12.5. The predicted octanol–water partition coefficient (Wildman–Crippen LogP) is 2.66. The lowest BCUT2D eigenvalue weighted by molar-refractivity contribution is -0.141. The Morgan fingerprint density at radius 3 is 2.36 bits per heavy atom. The molecular weight excluding hydrogens is 282 g/mol. The average Bonchev–Trinajstić information content (AvgIpc) is 2.82. The van der Waals surface area contributed by atoms with Crippen LogP contribution in [-0.2, 0) is 11.2 Å². The van der Waals surface area contributed by atoms with Gasteiger partial charge in [-0.15, -0.1) is 0 Å². The molecule has 0 fully saturated rings. The number of hydrogen-bond acceptors (Lipinski definition) is 3. The van der Waals surface area contributed by atoms with E-state index in [9.17, 15) is 14.7 Å². The van der Waals surface area contributed by atoms with Gasteiger partial charge in [-0.2, -0.15) is 0 Å². The van der Waals surface area contributed by atoms with Crippen molar-refractivity contribution in [2.75, 3.05) is 7.05 Å². The minimum Gasteiger partial charge on any atom is -0.480 e. The van der Waals surface area contributed by atoms with Crippen molar-refractivity contribution >= 4 is 11.9 Å². The second kappa shape index (κ2) is 6.47. The van der Waals surface area contributed by atoms with Crippen molar-refractivity contribution in [3.63, 3.8) is 0 Å². The van der Waals surface area contributed by atoms with Crippen LogP contribution in [0, 0.1) is 13.8 Å². The van der Waals surface area contributed by atoms with Crippen molar-refractivity contribution in [2.45, 2.75) is 26.3 Å². The number of carboxylic acids is 1. The monoisotopic (exact) mass is 301 g/mol. The summed E-state index contributed by atoms with van der Waals surface area (Å²) in [5.41, 5.74) is 1.27. The lowest BCUT2D eigenvalue weighted by atomic mass is 10.0. The van der Waals surface area contributed by atoms with Crippen molar-refractivity contribution in [3.05, 3.63) is 59.0 Å². The Balaban J connectivity index is 2.23. The van der Waals surface area contributed by atoms with Gasteiger partial charge in [0.15, 0.2) is 0 Å². The second-order valence-corrected chi connectivity index (χ2v) is 5.29. The van der Waals surface area contributed by atoms with Gasteiger partial charge in [0.05, 0.1) is 5.56 Å². The van der Waals surface area contributed by atoms with Gasteiger partial charge in [0, 0.05) is 13.5 Å². The number of carboxylic acid groups (broad SMARTS) is 1. The number of carbonyl (C=O) groups excluding carboxylic acids is 1. The smallest absolute Gasteiger partial charge is 0.326 e. The molecule has 5 heteroatoms. The summed E-state index contributed by atoms with van der Waals surface area (Å²) in [5.74, 6) is -0.252. The topological polar surface area (TPSA) is 70.8 Å². The Morgan fingerprint density at radius 1 is 1.23 bits per heavy atom. The van der Waals surface area contributed by atoms with Gasteiger partial charge in [-0.25, -0.2) is 4.79 Å². The minimum atomic E-state index is -1.03. The van der Waals surface area contributed by atoms with Gasteiger partial charge in [-0.05, 0) is 25.5 Å². The van der Waals surface area contributed by atoms with Crippen molar-refractivity contribution in [2.24, 2.45) is 0 Å². The molecule has 0 saturated carbocycles. The van der Waals surface area contributed by atoms with E-state index >= 15 is 0 Å². The molecule has 1 atom stereocenters. The molecule has 0 aliphatic rings. The lowest BCUT2D eigenvalue weighted by Gasteiger charge is -2.24. The van der Waals surface area contributed by atoms with Crippen LogP contribution in [0.5, 0.6) is 0 Å². The van der Waals surface area contributed by atoms with Gasteiger partial charge in [0.1, 0.15) is 17.6 Å². The molecule has 1 unspecified atom stereocenters. The van der Waals surface area contributed by atoms with Crippen LogP contribution < -0.4 is 0 Å². The predicted molar refractivity (Wildman–Crippen MR) is 81.8 cm³/mol. The number of rotatable bonds is 5. The highest BCUT2D eigenvalue weighted by Gasteiger charge is 2.29. The van der Waals surface area contributed by atoms with Crippen molar-refractivity contribution in [3.8, 4) is 0 Å². The van der Waals surface area contributed by atoms with E-state index < -0.39 is 12.0 Å². The quantitative estimate of drug-likeness (QED) is 0.921. The maximum Gasteiger partial charge on any atom is 0.326 e. The first-order valence-electron chi connectivity index (χ1n) is 7.01. The molecular formula is C17H19NO4. The summed E-state index contributed by atoms with van der Waals surface area (Å²) in [4.78, 5) is 25.3. The Kier molecular flexibility index (Phi) is 4.65. The number of hydrogen-bond donors (Lipinski definition) is 1. The Bertz CT molecular complexity index is 675. The van der Waals surface area contributed by atoms with Gasteiger partial charge in [0.25, 0.3) is 5.91 Å². The summed E-state index contributed by atoms with van der Waals surface area (Å²) in [7, 11) is 1.51. The van der Waals surface area contributed by atoms with E-state index in [0.717, 1.165) is 5.56 Å². The van der Waals surface area contributed by atoms with E-state index in [2.05, 4.69) is 0 Å². The second-order valence-electron chi connectivity index (χ2n) is 5.29. The zero-order valence-corrected chi connectivity index (χ0v) is 12.9. The molecule has 0 radical (unpaired) electrons. The maximum atomic E-state index is 12.5. The molecule has 1 aromatic heterocycles. The normalized spacial score (nSPS) is 12.0. The molecule has 0 bridgehead atoms. The molecule has 1 N–H and O–H groups in total. The van der Waals surface area contributed by atoms with Crippen LogP contribution >= 0.6 is 0 Å². The molecule has 0 aliphatic heterocycles. The van der Waals surface area contributed by atoms with Gasteiger partial charge < -0.3 is 14.4 Å². The molecule has 116 valence electrons. The molecule has 0 saturated heterocycles. The largest absolute Gasteiger partial charge is 0.480 e. The third-order valence-corrected chi connectivity index (χ3v) is 3.62. The molecule has 22 heavy (non-hydrogen) atoms. The van der Waals surface area contributed by atoms with Crippen LogP contribution in [0.4, 0.5) is 0 Å². The molecule has 1 aromatic carbocycles. The zero-order valence-electron chi connectivity index (χ0n) is 12.9. The minimum absolute atomic E-state index is 0.258. The summed E-state index contributed by atoms with van der Waals surface area (Å²) in [6.07, 6.45) is 0.258. The van der Waals surface area contributed by atoms with Crippen LogP contribution in [0.2, 0.25) is 0 Å². The molecule has 1 heterocycles. The SMILES string of the molecule is Cc1cc(C(=O)N(C)C(Cc2ccccc2)C(=O)O)c(C)o1. The molecule has 1 amide bonds. The van der Waals surface area contributed by atoms with Crippen LogP contribution in [0.25, 0.3) is 0 Å². The van der Waals surface area contributed by atoms with Crippen molar-refractivity contribution in [1.29, 1.82) is 0 Å². The van der Waals surface area contributed by atoms with E-state index in [1.165, 1.54) is 11.9 Å². The Morgan fingerprint density at radius 2 is 1.86 bits per heavy atom. The Labute approximate surface area is 129 Å². The molecule has 0 aliphatic carbocycles. The number of likely N-dealkylation sites (N-methyl/N-ethyl adjacent to an activating group) is 1. The fourth-order valence-electron chi connectivity index (χ4n) is 2.40. The summed E-state index contributed by atoms with van der Waals surface area (Å²) in [6.45, 7) is 3.45. The van der Waals surface area contributed by atoms with Crippen LogP contribution in [0.3, 0.4) is 0 Å². The summed E-state index contributed by atoms with van der Waals surface area (Å²) >= 11 is 0. The fraction of sp³-hybridized carbons (Fsp3) is 0.294. The average molecular weight is 301 g/mol. The molecule has 0 spiro atoms. The Hall–Kier alpha value is -2.56. The summed E-state index contributed by atoms with van der Waals surface area (Å²) in [6, 6.07) is 9.97. The van der Waals surface area contributed by atoms with Crippen LogP contribution in [0.1, 0.15) is 27.4 Å². The van der Waals surface area contributed by atoms with Crippen molar-refractivity contribution in [1.82, 2.24) is 4.90 Å². The first kappa shape index (κ1) is 15.8. The number of benzene rings is 1. The molecule has 2 aromatic rings. The third kappa shape index (κ3) is 3.36. The van der Waals surface area contributed by atoms with Gasteiger partial charge in [-0.1, -0.05) is 30.3 Å². The van der Waals surface area contributed by atoms with Gasteiger partial charge in [0.2, 0.25) is 0 Å². The third-order valence-electron chi connectivity index (χ3n) is 3.62. The first-order valence-corrected chi connectivity index (χ1v) is 7.01. The number of carbonyl (C=O) groups is 2. The van der Waals surface area contributed by atoms with E-state index in [1.807, 2.05) is 30.3 Å². The van der Waals surface area contributed by atoms with E-state index in [-0.39, 0.29) is 12.3 Å². The zero-order chi connectivity index (χ0) is 16.3. The fourth-order valence-corrected chi connectivity index (χ4v) is 2.40. The van der Waals surface area contributed by atoms with E-state index in [0.29, 0.717) is 17.1 Å². The number of nitrogens with zero attached hydrogens (tertiary/aromatic N) is 1. The number of furan rings is 1. The summed E-state index contributed by atoms with van der Waals surface area (Å²) in [5, 5.41) is 9.46. The number of aliphatic carboxylic acids is 1. The van der Waals surface area contributed by atoms with Gasteiger partial charge >= 0.3 is 5.97 Å². The van der Waals surface area contributed by atoms with Gasteiger partial charge in [-0.3, -0.25) is 4.79 Å². The van der Waals surface area contributed by atoms with Crippen LogP contribution in [0.15, 0.2) is 40.8 Å². The van der Waals surface area contributed by atoms with E-state index in [1.54, 1.807) is 19.9 Å².